The maximum atomic E-state index is 11.1. The van der Waals surface area contributed by atoms with Crippen LogP contribution in [0.15, 0.2) is 35.4 Å². The molecule has 0 fully saturated rings. The van der Waals surface area contributed by atoms with Gasteiger partial charge in [0.2, 0.25) is 0 Å². The summed E-state index contributed by atoms with van der Waals surface area (Å²) in [5.74, 6) is -0.199. The van der Waals surface area contributed by atoms with E-state index in [1.807, 2.05) is 24.3 Å². The predicted molar refractivity (Wildman–Crippen MR) is 69.9 cm³/mol. The van der Waals surface area contributed by atoms with E-state index in [0.29, 0.717) is 10.6 Å². The van der Waals surface area contributed by atoms with Crippen LogP contribution in [0.4, 0.5) is 0 Å². The highest BCUT2D eigenvalue weighted by molar-refractivity contribution is 8.00. The minimum absolute atomic E-state index is 0.142. The van der Waals surface area contributed by atoms with E-state index in [2.05, 4.69) is 9.72 Å². The van der Waals surface area contributed by atoms with Gasteiger partial charge in [0.15, 0.2) is 6.29 Å². The number of aromatic nitrogens is 1. The highest BCUT2D eigenvalue weighted by Crippen LogP contribution is 2.23. The zero-order valence-electron chi connectivity index (χ0n) is 9.75. The summed E-state index contributed by atoms with van der Waals surface area (Å²) in [4.78, 5) is 26.5. The highest BCUT2D eigenvalue weighted by atomic mass is 32.2. The van der Waals surface area contributed by atoms with Crippen molar-refractivity contribution in [3.8, 4) is 0 Å². The average molecular weight is 261 g/mol. The molecule has 0 aliphatic heterocycles. The van der Waals surface area contributed by atoms with Crippen LogP contribution in [0.5, 0.6) is 0 Å². The van der Waals surface area contributed by atoms with Gasteiger partial charge in [-0.1, -0.05) is 30.0 Å². The predicted octanol–water partition coefficient (Wildman–Crippen LogP) is 2.31. The highest BCUT2D eigenvalue weighted by Gasteiger charge is 2.09. The molecule has 5 heteroatoms. The SMILES string of the molecule is COC(=O)CSc1nc2ccccc2cc1C=O. The molecular formula is C13H11NO3S. The summed E-state index contributed by atoms with van der Waals surface area (Å²) in [6, 6.07) is 9.30. The van der Waals surface area contributed by atoms with Crippen molar-refractivity contribution in [1.82, 2.24) is 4.98 Å². The molecule has 92 valence electrons. The first-order valence-electron chi connectivity index (χ1n) is 5.29. The second-order valence-electron chi connectivity index (χ2n) is 3.56. The number of rotatable bonds is 4. The molecule has 4 nitrogen and oxygen atoms in total. The van der Waals surface area contributed by atoms with Gasteiger partial charge in [0.05, 0.1) is 18.4 Å². The van der Waals surface area contributed by atoms with Gasteiger partial charge in [-0.2, -0.15) is 0 Å². The number of carbonyl (C=O) groups is 2. The Morgan fingerprint density at radius 1 is 1.44 bits per heavy atom. The molecule has 1 aromatic carbocycles. The van der Waals surface area contributed by atoms with Crippen molar-refractivity contribution in [2.24, 2.45) is 0 Å². The Bertz CT molecular complexity index is 598. The van der Waals surface area contributed by atoms with Crippen LogP contribution in [0, 0.1) is 0 Å². The molecule has 1 aromatic heterocycles. The molecule has 0 spiro atoms. The number of thioether (sulfide) groups is 1. The first kappa shape index (κ1) is 12.6. The van der Waals surface area contributed by atoms with E-state index in [4.69, 9.17) is 0 Å². The minimum Gasteiger partial charge on any atom is -0.468 e. The summed E-state index contributed by atoms with van der Waals surface area (Å²) in [5.41, 5.74) is 1.29. The van der Waals surface area contributed by atoms with Crippen molar-refractivity contribution < 1.29 is 14.3 Å². The van der Waals surface area contributed by atoms with Gasteiger partial charge in [-0.05, 0) is 12.1 Å². The number of fused-ring (bicyclic) bond motifs is 1. The van der Waals surface area contributed by atoms with Crippen LogP contribution in [0.3, 0.4) is 0 Å². The van der Waals surface area contributed by atoms with Gasteiger partial charge < -0.3 is 4.74 Å². The van der Waals surface area contributed by atoms with Crippen LogP contribution < -0.4 is 0 Å². The third-order valence-corrected chi connectivity index (χ3v) is 3.38. The van der Waals surface area contributed by atoms with E-state index in [0.717, 1.165) is 17.2 Å². The number of benzene rings is 1. The van der Waals surface area contributed by atoms with Gasteiger partial charge in [0.1, 0.15) is 5.03 Å². The molecule has 0 N–H and O–H groups in total. The Hall–Kier alpha value is -1.88. The maximum absolute atomic E-state index is 11.1. The normalized spacial score (nSPS) is 10.3. The zero-order valence-corrected chi connectivity index (χ0v) is 10.6. The third-order valence-electron chi connectivity index (χ3n) is 2.40. The van der Waals surface area contributed by atoms with Crippen LogP contribution in [-0.2, 0) is 9.53 Å². The lowest BCUT2D eigenvalue weighted by molar-refractivity contribution is -0.137. The molecule has 0 unspecified atom stereocenters. The van der Waals surface area contributed by atoms with Crippen LogP contribution >= 0.6 is 11.8 Å². The van der Waals surface area contributed by atoms with Crippen molar-refractivity contribution in [2.45, 2.75) is 5.03 Å². The number of para-hydroxylation sites is 1. The Labute approximate surface area is 108 Å². The number of hydrogen-bond acceptors (Lipinski definition) is 5. The van der Waals surface area contributed by atoms with Gasteiger partial charge in [0, 0.05) is 10.9 Å². The fourth-order valence-electron chi connectivity index (χ4n) is 1.50. The number of ether oxygens (including phenoxy) is 1. The van der Waals surface area contributed by atoms with Crippen LogP contribution in [0.2, 0.25) is 0 Å². The molecule has 0 bridgehead atoms. The van der Waals surface area contributed by atoms with Crippen LogP contribution in [-0.4, -0.2) is 30.1 Å². The van der Waals surface area contributed by atoms with Gasteiger partial charge in [-0.3, -0.25) is 9.59 Å². The lowest BCUT2D eigenvalue weighted by Crippen LogP contribution is -2.04. The first-order valence-corrected chi connectivity index (χ1v) is 6.27. The second kappa shape index (κ2) is 5.64. The van der Waals surface area contributed by atoms with Crippen molar-refractivity contribution >= 4 is 34.9 Å². The quantitative estimate of drug-likeness (QED) is 0.480. The molecule has 0 aliphatic rings. The molecule has 1 heterocycles. The van der Waals surface area contributed by atoms with E-state index in [9.17, 15) is 9.59 Å². The van der Waals surface area contributed by atoms with Crippen molar-refractivity contribution in [3.05, 3.63) is 35.9 Å². The number of carbonyl (C=O) groups excluding carboxylic acids is 2. The number of methoxy groups -OCH3 is 1. The molecule has 0 atom stereocenters. The van der Waals surface area contributed by atoms with Gasteiger partial charge in [0.25, 0.3) is 0 Å². The molecule has 0 saturated heterocycles. The van der Waals surface area contributed by atoms with E-state index in [-0.39, 0.29) is 11.7 Å². The lowest BCUT2D eigenvalue weighted by atomic mass is 10.2. The van der Waals surface area contributed by atoms with Crippen molar-refractivity contribution in [3.63, 3.8) is 0 Å². The summed E-state index contributed by atoms with van der Waals surface area (Å²) in [5, 5.41) is 1.45. The van der Waals surface area contributed by atoms with Crippen LogP contribution in [0.25, 0.3) is 10.9 Å². The van der Waals surface area contributed by atoms with Gasteiger partial charge >= 0.3 is 5.97 Å². The number of esters is 1. The summed E-state index contributed by atoms with van der Waals surface area (Å²) < 4.78 is 4.56. The fourth-order valence-corrected chi connectivity index (χ4v) is 2.31. The minimum atomic E-state index is -0.341. The third kappa shape index (κ3) is 2.68. The molecule has 2 aromatic rings. The molecule has 0 saturated carbocycles. The fraction of sp³-hybridized carbons (Fsp3) is 0.154. The monoisotopic (exact) mass is 261 g/mol. The maximum Gasteiger partial charge on any atom is 0.316 e. The molecular weight excluding hydrogens is 250 g/mol. The molecule has 0 amide bonds. The largest absolute Gasteiger partial charge is 0.468 e. The summed E-state index contributed by atoms with van der Waals surface area (Å²) in [7, 11) is 1.33. The smallest absolute Gasteiger partial charge is 0.316 e. The first-order chi connectivity index (χ1) is 8.74. The summed E-state index contributed by atoms with van der Waals surface area (Å²) in [6.45, 7) is 0. The van der Waals surface area contributed by atoms with Gasteiger partial charge in [-0.25, -0.2) is 4.98 Å². The molecule has 18 heavy (non-hydrogen) atoms. The zero-order chi connectivity index (χ0) is 13.0. The second-order valence-corrected chi connectivity index (χ2v) is 4.52. The van der Waals surface area contributed by atoms with E-state index >= 15 is 0 Å². The van der Waals surface area contributed by atoms with Crippen LogP contribution in [0.1, 0.15) is 10.4 Å². The standard InChI is InChI=1S/C13H11NO3S/c1-17-12(16)8-18-13-10(7-15)6-9-4-2-3-5-11(9)14-13/h2-7H,8H2,1H3. The lowest BCUT2D eigenvalue weighted by Gasteiger charge is -2.05. The van der Waals surface area contributed by atoms with Crippen molar-refractivity contribution in [1.29, 1.82) is 0 Å². The Balaban J connectivity index is 2.35. The topological polar surface area (TPSA) is 56.3 Å². The van der Waals surface area contributed by atoms with E-state index in [1.165, 1.54) is 18.9 Å². The van der Waals surface area contributed by atoms with E-state index < -0.39 is 0 Å². The molecule has 0 radical (unpaired) electrons. The van der Waals surface area contributed by atoms with Crippen molar-refractivity contribution in [2.75, 3.05) is 12.9 Å². The Morgan fingerprint density at radius 3 is 2.94 bits per heavy atom. The molecule has 0 aliphatic carbocycles. The Kier molecular flexibility index (Phi) is 3.94. The number of aldehydes is 1. The Morgan fingerprint density at radius 2 is 2.22 bits per heavy atom. The molecule has 2 rings (SSSR count). The number of hydrogen-bond donors (Lipinski definition) is 0. The average Bonchev–Trinajstić information content (AvgIpc) is 2.43. The van der Waals surface area contributed by atoms with Gasteiger partial charge in [-0.15, -0.1) is 0 Å². The number of nitrogens with zero attached hydrogens (tertiary/aromatic N) is 1. The number of pyridine rings is 1. The summed E-state index contributed by atoms with van der Waals surface area (Å²) >= 11 is 1.20. The summed E-state index contributed by atoms with van der Waals surface area (Å²) in [6.07, 6.45) is 0.749. The van der Waals surface area contributed by atoms with E-state index in [1.54, 1.807) is 6.07 Å².